The van der Waals surface area contributed by atoms with Crippen molar-refractivity contribution in [3.8, 4) is 5.69 Å². The maximum absolute atomic E-state index is 13.0. The van der Waals surface area contributed by atoms with E-state index in [-0.39, 0.29) is 16.8 Å². The molecule has 2 atom stereocenters. The molecule has 0 radical (unpaired) electrons. The molecule has 3 rings (SSSR count). The molecule has 118 valence electrons. The van der Waals surface area contributed by atoms with Crippen LogP contribution in [0, 0.1) is 5.82 Å². The highest BCUT2D eigenvalue weighted by Crippen LogP contribution is 2.22. The monoisotopic (exact) mass is 330 g/mol. The number of tetrazole rings is 1. The molecule has 0 saturated carbocycles. The SMILES string of the molecule is CC(c1ccc(F)cc1)S(=O)Cc1nnnn1-c1ccccc1. The van der Waals surface area contributed by atoms with Gasteiger partial charge in [0.2, 0.25) is 0 Å². The molecule has 1 aromatic heterocycles. The van der Waals surface area contributed by atoms with Gasteiger partial charge in [0.15, 0.2) is 5.82 Å². The summed E-state index contributed by atoms with van der Waals surface area (Å²) in [5, 5.41) is 11.4. The Bertz CT molecular complexity index is 804. The molecule has 0 amide bonds. The molecule has 0 aliphatic heterocycles. The second-order valence-electron chi connectivity index (χ2n) is 5.06. The van der Waals surface area contributed by atoms with Gasteiger partial charge in [0.05, 0.1) is 16.7 Å². The molecule has 0 saturated heterocycles. The molecule has 0 N–H and O–H groups in total. The van der Waals surface area contributed by atoms with E-state index in [4.69, 9.17) is 0 Å². The lowest BCUT2D eigenvalue weighted by atomic mass is 10.2. The molecule has 7 heteroatoms. The maximum atomic E-state index is 13.0. The first kappa shape index (κ1) is 15.5. The number of halogens is 1. The number of aromatic nitrogens is 4. The lowest BCUT2D eigenvalue weighted by Gasteiger charge is -2.11. The van der Waals surface area contributed by atoms with Crippen LogP contribution in [-0.2, 0) is 16.6 Å². The maximum Gasteiger partial charge on any atom is 0.169 e. The van der Waals surface area contributed by atoms with Crippen LogP contribution in [0.25, 0.3) is 5.69 Å². The summed E-state index contributed by atoms with van der Waals surface area (Å²) in [7, 11) is -1.22. The number of nitrogens with zero attached hydrogens (tertiary/aromatic N) is 4. The van der Waals surface area contributed by atoms with Crippen molar-refractivity contribution in [1.82, 2.24) is 20.2 Å². The number of hydrogen-bond donors (Lipinski definition) is 0. The van der Waals surface area contributed by atoms with Gasteiger partial charge in [-0.25, -0.2) is 4.39 Å². The summed E-state index contributed by atoms with van der Waals surface area (Å²) >= 11 is 0. The van der Waals surface area contributed by atoms with Gasteiger partial charge in [-0.05, 0) is 47.2 Å². The average molecular weight is 330 g/mol. The van der Waals surface area contributed by atoms with Gasteiger partial charge >= 0.3 is 0 Å². The lowest BCUT2D eigenvalue weighted by molar-refractivity contribution is 0.626. The minimum absolute atomic E-state index is 0.223. The lowest BCUT2D eigenvalue weighted by Crippen LogP contribution is -2.10. The van der Waals surface area contributed by atoms with Gasteiger partial charge in [0.25, 0.3) is 0 Å². The van der Waals surface area contributed by atoms with Gasteiger partial charge in [-0.15, -0.1) is 5.10 Å². The molecule has 2 unspecified atom stereocenters. The first-order valence-corrected chi connectivity index (χ1v) is 8.48. The average Bonchev–Trinajstić information content (AvgIpc) is 3.04. The van der Waals surface area contributed by atoms with Crippen LogP contribution < -0.4 is 0 Å². The zero-order valence-corrected chi connectivity index (χ0v) is 13.3. The van der Waals surface area contributed by atoms with Crippen molar-refractivity contribution in [2.75, 3.05) is 0 Å². The molecule has 5 nitrogen and oxygen atoms in total. The minimum atomic E-state index is -1.22. The van der Waals surface area contributed by atoms with Crippen LogP contribution in [0.5, 0.6) is 0 Å². The number of rotatable bonds is 5. The smallest absolute Gasteiger partial charge is 0.169 e. The van der Waals surface area contributed by atoms with Crippen molar-refractivity contribution in [2.24, 2.45) is 0 Å². The highest BCUT2D eigenvalue weighted by atomic mass is 32.2. The van der Waals surface area contributed by atoms with E-state index in [0.717, 1.165) is 11.3 Å². The molecular formula is C16H15FN4OS. The van der Waals surface area contributed by atoms with Crippen LogP contribution in [-0.4, -0.2) is 24.4 Å². The second-order valence-corrected chi connectivity index (χ2v) is 6.82. The van der Waals surface area contributed by atoms with E-state index in [1.54, 1.807) is 16.8 Å². The summed E-state index contributed by atoms with van der Waals surface area (Å²) in [6.45, 7) is 1.85. The molecule has 2 aromatic carbocycles. The third-order valence-corrected chi connectivity index (χ3v) is 5.14. The molecule has 1 heterocycles. The summed E-state index contributed by atoms with van der Waals surface area (Å²) in [5.41, 5.74) is 1.64. The number of para-hydroxylation sites is 1. The van der Waals surface area contributed by atoms with E-state index in [1.165, 1.54) is 12.1 Å². The Morgan fingerprint density at radius 3 is 2.52 bits per heavy atom. The number of hydrogen-bond acceptors (Lipinski definition) is 4. The third-order valence-electron chi connectivity index (χ3n) is 3.54. The van der Waals surface area contributed by atoms with Crippen molar-refractivity contribution in [1.29, 1.82) is 0 Å². The zero-order chi connectivity index (χ0) is 16.2. The molecule has 23 heavy (non-hydrogen) atoms. The van der Waals surface area contributed by atoms with E-state index in [9.17, 15) is 8.60 Å². The normalized spacial score (nSPS) is 13.7. The standard InChI is InChI=1S/C16H15FN4OS/c1-12(13-7-9-14(17)10-8-13)23(22)11-16-18-19-20-21(16)15-5-3-2-4-6-15/h2-10,12H,11H2,1H3. The Labute approximate surface area is 135 Å². The predicted molar refractivity (Wildman–Crippen MR) is 85.8 cm³/mol. The fraction of sp³-hybridized carbons (Fsp3) is 0.188. The second kappa shape index (κ2) is 6.78. The highest BCUT2D eigenvalue weighted by molar-refractivity contribution is 7.84. The van der Waals surface area contributed by atoms with Crippen LogP contribution in [0.3, 0.4) is 0 Å². The van der Waals surface area contributed by atoms with Crippen LogP contribution in [0.1, 0.15) is 23.6 Å². The molecular weight excluding hydrogens is 315 g/mol. The summed E-state index contributed by atoms with van der Waals surface area (Å²) in [5.74, 6) is 0.448. The third kappa shape index (κ3) is 3.50. The minimum Gasteiger partial charge on any atom is -0.258 e. The molecule has 0 fully saturated rings. The summed E-state index contributed by atoms with van der Waals surface area (Å²) in [6.07, 6.45) is 0. The Hall–Kier alpha value is -2.41. The molecule has 0 aliphatic carbocycles. The molecule has 3 aromatic rings. The Morgan fingerprint density at radius 1 is 1.13 bits per heavy atom. The van der Waals surface area contributed by atoms with E-state index < -0.39 is 10.8 Å². The molecule has 0 spiro atoms. The zero-order valence-electron chi connectivity index (χ0n) is 12.5. The first-order chi connectivity index (χ1) is 11.1. The fourth-order valence-corrected chi connectivity index (χ4v) is 3.35. The Kier molecular flexibility index (Phi) is 4.57. The summed E-state index contributed by atoms with van der Waals surface area (Å²) < 4.78 is 27.2. The van der Waals surface area contributed by atoms with Gasteiger partial charge in [0, 0.05) is 10.8 Å². The predicted octanol–water partition coefficient (Wildman–Crippen LogP) is 2.81. The van der Waals surface area contributed by atoms with E-state index >= 15 is 0 Å². The summed E-state index contributed by atoms with van der Waals surface area (Å²) in [6, 6.07) is 15.5. The topological polar surface area (TPSA) is 60.7 Å². The summed E-state index contributed by atoms with van der Waals surface area (Å²) in [4.78, 5) is 0. The van der Waals surface area contributed by atoms with Crippen molar-refractivity contribution in [3.05, 3.63) is 71.8 Å². The van der Waals surface area contributed by atoms with Gasteiger partial charge < -0.3 is 0 Å². The quantitative estimate of drug-likeness (QED) is 0.722. The van der Waals surface area contributed by atoms with Crippen molar-refractivity contribution < 1.29 is 8.60 Å². The Balaban J connectivity index is 1.79. The highest BCUT2D eigenvalue weighted by Gasteiger charge is 2.18. The van der Waals surface area contributed by atoms with Gasteiger partial charge in [-0.2, -0.15) is 4.68 Å². The van der Waals surface area contributed by atoms with Crippen molar-refractivity contribution in [3.63, 3.8) is 0 Å². The number of benzene rings is 2. The Morgan fingerprint density at radius 2 is 1.83 bits per heavy atom. The first-order valence-electron chi connectivity index (χ1n) is 7.10. The van der Waals surface area contributed by atoms with Crippen LogP contribution in [0.15, 0.2) is 54.6 Å². The van der Waals surface area contributed by atoms with E-state index in [1.807, 2.05) is 37.3 Å². The van der Waals surface area contributed by atoms with Crippen LogP contribution in [0.2, 0.25) is 0 Å². The molecule has 0 bridgehead atoms. The van der Waals surface area contributed by atoms with Gasteiger partial charge in [-0.3, -0.25) is 4.21 Å². The fourth-order valence-electron chi connectivity index (χ4n) is 2.20. The van der Waals surface area contributed by atoms with Gasteiger partial charge in [-0.1, -0.05) is 30.3 Å². The van der Waals surface area contributed by atoms with Crippen LogP contribution >= 0.6 is 0 Å². The largest absolute Gasteiger partial charge is 0.258 e. The van der Waals surface area contributed by atoms with E-state index in [0.29, 0.717) is 5.82 Å². The molecule has 0 aliphatic rings. The van der Waals surface area contributed by atoms with Crippen molar-refractivity contribution in [2.45, 2.75) is 17.9 Å². The van der Waals surface area contributed by atoms with Crippen LogP contribution in [0.4, 0.5) is 4.39 Å². The van der Waals surface area contributed by atoms with Crippen molar-refractivity contribution >= 4 is 10.8 Å². The van der Waals surface area contributed by atoms with Gasteiger partial charge in [0.1, 0.15) is 5.82 Å². The van der Waals surface area contributed by atoms with E-state index in [2.05, 4.69) is 15.5 Å².